The van der Waals surface area contributed by atoms with Crippen molar-refractivity contribution in [2.45, 2.75) is 18.2 Å². The molecule has 1 fully saturated rings. The van der Waals surface area contributed by atoms with Gasteiger partial charge in [-0.2, -0.15) is 0 Å². The second-order valence-corrected chi connectivity index (χ2v) is 9.70. The van der Waals surface area contributed by atoms with Crippen LogP contribution in [0.25, 0.3) is 15.4 Å². The number of alkyl halides is 3. The minimum Gasteiger partial charge on any atom is -0.378 e. The van der Waals surface area contributed by atoms with Crippen molar-refractivity contribution >= 4 is 15.9 Å². The van der Waals surface area contributed by atoms with Gasteiger partial charge in [-0.15, -0.1) is 8.42 Å². The summed E-state index contributed by atoms with van der Waals surface area (Å²) < 4.78 is 123. The first-order chi connectivity index (χ1) is 17.0. The number of likely N-dealkylation sites (tertiary alicyclic amines) is 1. The normalized spacial score (nSPS) is 23.8. The molecule has 1 saturated heterocycles. The van der Waals surface area contributed by atoms with Crippen molar-refractivity contribution in [3.05, 3.63) is 57.6 Å². The van der Waals surface area contributed by atoms with E-state index >= 15 is 0 Å². The maximum absolute atomic E-state index is 14.5. The van der Waals surface area contributed by atoms with Crippen molar-refractivity contribution in [2.24, 2.45) is 11.1 Å². The summed E-state index contributed by atoms with van der Waals surface area (Å²) in [5.41, 5.74) is -3.94. The summed E-state index contributed by atoms with van der Waals surface area (Å²) in [5.74, 6) is -6.25. The van der Waals surface area contributed by atoms with E-state index in [1.165, 1.54) is 4.90 Å². The Morgan fingerprint density at radius 1 is 1.11 bits per heavy atom. The lowest BCUT2D eigenvalue weighted by atomic mass is 9.89. The fourth-order valence-corrected chi connectivity index (χ4v) is 4.30. The zero-order valence-corrected chi connectivity index (χ0v) is 18.9. The zero-order chi connectivity index (χ0) is 26.3. The average Bonchev–Trinajstić information content (AvgIpc) is 3.41. The Balaban J connectivity index is 1.65. The minimum absolute atomic E-state index is 0.0231. The standard InChI is InChI=1S/C21H16F7N4O3S/c22-9-21(20-14(1-13(25)6-29-20)19-15(26)2-12(24)3-16(19)27)4-18(31-35-21)32-7-11(17(28)8-32)5-30-36(33,34)10-23/h1-3,6,11,17H,4,7-10H2/q+1/t11?,17-,21?/m0/s1. The number of hydrogen-bond donors (Lipinski definition) is 0. The van der Waals surface area contributed by atoms with Gasteiger partial charge >= 0.3 is 16.1 Å². The molecule has 1 aromatic heterocycles. The van der Waals surface area contributed by atoms with Crippen molar-refractivity contribution in [2.75, 3.05) is 25.8 Å². The van der Waals surface area contributed by atoms with Gasteiger partial charge in [0.1, 0.15) is 47.9 Å². The van der Waals surface area contributed by atoms with Gasteiger partial charge in [0.15, 0.2) is 0 Å². The molecule has 192 valence electrons. The summed E-state index contributed by atoms with van der Waals surface area (Å²) in [6.07, 6.45) is -1.45. The van der Waals surface area contributed by atoms with Gasteiger partial charge in [0.2, 0.25) is 5.60 Å². The van der Waals surface area contributed by atoms with Crippen LogP contribution in [0.1, 0.15) is 12.1 Å². The topological polar surface area (TPSA) is 76.2 Å². The van der Waals surface area contributed by atoms with Crippen LogP contribution < -0.4 is 0 Å². The summed E-state index contributed by atoms with van der Waals surface area (Å²) in [7, 11) is -4.44. The van der Waals surface area contributed by atoms with Crippen LogP contribution in [0.2, 0.25) is 0 Å². The highest BCUT2D eigenvalue weighted by molar-refractivity contribution is 7.93. The van der Waals surface area contributed by atoms with Crippen LogP contribution in [0.5, 0.6) is 0 Å². The number of pyridine rings is 1. The van der Waals surface area contributed by atoms with E-state index in [-0.39, 0.29) is 18.9 Å². The Kier molecular flexibility index (Phi) is 6.82. The molecule has 0 bridgehead atoms. The van der Waals surface area contributed by atoms with E-state index in [0.29, 0.717) is 24.4 Å². The van der Waals surface area contributed by atoms with Gasteiger partial charge in [-0.25, -0.2) is 30.7 Å². The maximum atomic E-state index is 14.5. The second-order valence-electron chi connectivity index (χ2n) is 8.14. The van der Waals surface area contributed by atoms with Crippen LogP contribution in [-0.2, 0) is 20.5 Å². The van der Waals surface area contributed by atoms with Crippen LogP contribution >= 0.6 is 0 Å². The van der Waals surface area contributed by atoms with Crippen molar-refractivity contribution in [1.82, 2.24) is 9.88 Å². The minimum atomic E-state index is -4.44. The summed E-state index contributed by atoms with van der Waals surface area (Å²) in [4.78, 5) is 10.3. The molecule has 0 amide bonds. The third-order valence-electron chi connectivity index (χ3n) is 5.66. The van der Waals surface area contributed by atoms with E-state index in [9.17, 15) is 39.2 Å². The number of oxime groups is 1. The molecule has 2 aromatic rings. The Morgan fingerprint density at radius 2 is 1.81 bits per heavy atom. The van der Waals surface area contributed by atoms with Crippen LogP contribution in [0.15, 0.2) is 29.6 Å². The van der Waals surface area contributed by atoms with Gasteiger partial charge < -0.3 is 9.74 Å². The number of rotatable bonds is 4. The van der Waals surface area contributed by atoms with E-state index in [1.807, 2.05) is 6.07 Å². The average molecular weight is 537 g/mol. The van der Waals surface area contributed by atoms with E-state index in [2.05, 4.69) is 14.4 Å². The molecule has 2 aliphatic rings. The molecule has 3 heterocycles. The second kappa shape index (κ2) is 9.57. The van der Waals surface area contributed by atoms with Crippen molar-refractivity contribution in [3.8, 4) is 17.2 Å². The monoisotopic (exact) mass is 537 g/mol. The fourth-order valence-electron chi connectivity index (χ4n) is 3.95. The van der Waals surface area contributed by atoms with E-state index in [1.54, 1.807) is 0 Å². The molecule has 2 aliphatic heterocycles. The zero-order valence-electron chi connectivity index (χ0n) is 18.1. The first kappa shape index (κ1) is 25.7. The van der Waals surface area contributed by atoms with Crippen LogP contribution in [0.4, 0.5) is 30.7 Å². The Hall–Kier alpha value is -3.41. The van der Waals surface area contributed by atoms with Gasteiger partial charge in [-0.05, 0) is 6.07 Å². The Bertz CT molecular complexity index is 1370. The smallest absolute Gasteiger partial charge is 0.378 e. The molecular formula is C21H16F7N4O3S+. The predicted octanol–water partition coefficient (Wildman–Crippen LogP) is 4.06. The lowest BCUT2D eigenvalue weighted by molar-refractivity contribution is -0.0435. The maximum Gasteiger partial charge on any atom is 0.509 e. The molecule has 15 heteroatoms. The Morgan fingerprint density at radius 3 is 2.44 bits per heavy atom. The molecular weight excluding hydrogens is 521 g/mol. The number of aromatic nitrogens is 1. The van der Waals surface area contributed by atoms with Gasteiger partial charge in [-0.3, -0.25) is 4.98 Å². The highest BCUT2D eigenvalue weighted by Gasteiger charge is 2.49. The molecule has 7 nitrogen and oxygen atoms in total. The summed E-state index contributed by atoms with van der Waals surface area (Å²) in [5, 5.41) is 3.75. The lowest BCUT2D eigenvalue weighted by Gasteiger charge is -2.26. The Labute approximate surface area is 200 Å². The molecule has 4 rings (SSSR count). The van der Waals surface area contributed by atoms with E-state index in [0.717, 1.165) is 0 Å². The summed E-state index contributed by atoms with van der Waals surface area (Å²) >= 11 is 0. The fraction of sp³-hybridized carbons (Fsp3) is 0.381. The predicted molar refractivity (Wildman–Crippen MR) is 112 cm³/mol. The first-order valence-electron chi connectivity index (χ1n) is 10.3. The highest BCUT2D eigenvalue weighted by Crippen LogP contribution is 2.42. The number of amidine groups is 1. The lowest BCUT2D eigenvalue weighted by Crippen LogP contribution is -2.35. The third-order valence-corrected chi connectivity index (χ3v) is 6.32. The molecule has 0 N–H and O–H groups in total. The van der Waals surface area contributed by atoms with Gasteiger partial charge in [0.05, 0.1) is 34.7 Å². The number of hydrogen-bond acceptors (Lipinski definition) is 6. The van der Waals surface area contributed by atoms with E-state index < -0.39 is 86.9 Å². The van der Waals surface area contributed by atoms with E-state index in [4.69, 9.17) is 4.84 Å². The highest BCUT2D eigenvalue weighted by atomic mass is 32.2. The van der Waals surface area contributed by atoms with Crippen molar-refractivity contribution < 1.29 is 44.0 Å². The molecule has 1 aromatic carbocycles. The molecule has 0 aliphatic carbocycles. The molecule has 0 radical (unpaired) electrons. The SMILES string of the molecule is O=S(=O)(CF)[N+]#CC1CN(C2=NOC(CF)(c3ncc(F)cc3-c3c(F)cc(F)cc3F)C2)C[C@@H]1F. The number of halogens is 7. The third kappa shape index (κ3) is 4.81. The number of nitrogens with zero attached hydrogens (tertiary/aromatic N) is 4. The number of sulfonamides is 1. The van der Waals surface area contributed by atoms with Crippen molar-refractivity contribution in [3.63, 3.8) is 0 Å². The summed E-state index contributed by atoms with van der Waals surface area (Å²) in [6.45, 7) is -1.92. The van der Waals surface area contributed by atoms with Gasteiger partial charge in [0.25, 0.3) is 6.01 Å². The molecule has 3 atom stereocenters. The molecule has 0 spiro atoms. The van der Waals surface area contributed by atoms with Gasteiger partial charge in [0, 0.05) is 24.2 Å². The number of benzene rings is 1. The van der Waals surface area contributed by atoms with Crippen LogP contribution in [0, 0.1) is 35.3 Å². The van der Waals surface area contributed by atoms with Crippen molar-refractivity contribution in [1.29, 1.82) is 0 Å². The van der Waals surface area contributed by atoms with Gasteiger partial charge in [-0.1, -0.05) is 5.16 Å². The summed E-state index contributed by atoms with van der Waals surface area (Å²) in [6, 6.07) is 1.66. The molecule has 0 saturated carbocycles. The van der Waals surface area contributed by atoms with Crippen LogP contribution in [-0.4, -0.2) is 56.1 Å². The largest absolute Gasteiger partial charge is 0.509 e. The molecule has 36 heavy (non-hydrogen) atoms. The van der Waals surface area contributed by atoms with Crippen LogP contribution in [0.3, 0.4) is 0 Å². The first-order valence-corrected chi connectivity index (χ1v) is 11.9. The quantitative estimate of drug-likeness (QED) is 0.550. The molecule has 2 unspecified atom stereocenters.